The van der Waals surface area contributed by atoms with Gasteiger partial charge in [-0.05, 0) is 26.2 Å². The van der Waals surface area contributed by atoms with E-state index in [2.05, 4.69) is 13.8 Å². The van der Waals surface area contributed by atoms with Gasteiger partial charge in [0.1, 0.15) is 0 Å². The van der Waals surface area contributed by atoms with Gasteiger partial charge in [0.25, 0.3) is 0 Å². The van der Waals surface area contributed by atoms with Crippen LogP contribution < -0.4 is 0 Å². The number of carboxylic acid groups (broad SMARTS) is 1. The maximum atomic E-state index is 10.7. The first-order valence-electron chi connectivity index (χ1n) is 5.43. The second-order valence-corrected chi connectivity index (χ2v) is 4.06. The van der Waals surface area contributed by atoms with Crippen LogP contribution in [0.4, 0.5) is 0 Å². The first kappa shape index (κ1) is 14.4. The molecule has 0 radical (unpaired) electrons. The summed E-state index contributed by atoms with van der Waals surface area (Å²) >= 11 is 0. The van der Waals surface area contributed by atoms with E-state index in [-0.39, 0.29) is 12.7 Å². The van der Waals surface area contributed by atoms with Crippen LogP contribution >= 0.6 is 0 Å². The molecule has 0 saturated carbocycles. The van der Waals surface area contributed by atoms with Gasteiger partial charge in [-0.3, -0.25) is 0 Å². The van der Waals surface area contributed by atoms with E-state index in [1.807, 2.05) is 6.92 Å². The summed E-state index contributed by atoms with van der Waals surface area (Å²) in [5.74, 6) is -0.413. The van der Waals surface area contributed by atoms with Crippen LogP contribution in [0.15, 0.2) is 0 Å². The van der Waals surface area contributed by atoms with Crippen molar-refractivity contribution in [1.82, 2.24) is 0 Å². The lowest BCUT2D eigenvalue weighted by molar-refractivity contribution is -0.155. The van der Waals surface area contributed by atoms with Crippen LogP contribution in [0.3, 0.4) is 0 Å². The average Bonchev–Trinajstić information content (AvgIpc) is 2.10. The predicted octanol–water partition coefficient (Wildman–Crippen LogP) is 1.93. The van der Waals surface area contributed by atoms with Crippen LogP contribution in [-0.2, 0) is 14.3 Å². The molecule has 90 valence electrons. The maximum Gasteiger partial charge on any atom is 0.335 e. The average molecular weight is 218 g/mol. The van der Waals surface area contributed by atoms with E-state index in [1.165, 1.54) is 0 Å². The smallest absolute Gasteiger partial charge is 0.335 e. The van der Waals surface area contributed by atoms with Crippen LogP contribution in [-0.4, -0.2) is 36.5 Å². The second-order valence-electron chi connectivity index (χ2n) is 4.06. The fraction of sp³-hybridized carbons (Fsp3) is 0.909. The highest BCUT2D eigenvalue weighted by atomic mass is 16.6. The summed E-state index contributed by atoms with van der Waals surface area (Å²) in [6.07, 6.45) is 0.162. The van der Waals surface area contributed by atoms with E-state index >= 15 is 0 Å². The zero-order valence-corrected chi connectivity index (χ0v) is 10.0. The van der Waals surface area contributed by atoms with Gasteiger partial charge < -0.3 is 14.6 Å². The second kappa shape index (κ2) is 7.65. The molecule has 4 heteroatoms. The predicted molar refractivity (Wildman–Crippen MR) is 57.9 cm³/mol. The summed E-state index contributed by atoms with van der Waals surface area (Å²) < 4.78 is 10.5. The molecule has 1 N–H and O–H groups in total. The van der Waals surface area contributed by atoms with Gasteiger partial charge in [-0.25, -0.2) is 4.79 Å². The Bertz CT molecular complexity index is 179. The Labute approximate surface area is 91.6 Å². The zero-order chi connectivity index (χ0) is 11.8. The third-order valence-electron chi connectivity index (χ3n) is 1.98. The topological polar surface area (TPSA) is 55.8 Å². The Kier molecular flexibility index (Phi) is 7.34. The first-order chi connectivity index (χ1) is 6.97. The Morgan fingerprint density at radius 3 is 2.27 bits per heavy atom. The summed E-state index contributed by atoms with van der Waals surface area (Å²) in [6, 6.07) is 0. The van der Waals surface area contributed by atoms with Gasteiger partial charge in [0, 0.05) is 6.61 Å². The molecule has 0 aliphatic rings. The van der Waals surface area contributed by atoms with E-state index in [0.29, 0.717) is 12.5 Å². The fourth-order valence-corrected chi connectivity index (χ4v) is 1.38. The summed E-state index contributed by atoms with van der Waals surface area (Å²) in [5.41, 5.74) is 0. The minimum Gasteiger partial charge on any atom is -0.479 e. The van der Waals surface area contributed by atoms with E-state index in [0.717, 1.165) is 6.42 Å². The molecule has 0 amide bonds. The maximum absolute atomic E-state index is 10.7. The third-order valence-corrected chi connectivity index (χ3v) is 1.98. The highest BCUT2D eigenvalue weighted by Gasteiger charge is 2.19. The van der Waals surface area contributed by atoms with Gasteiger partial charge in [0.2, 0.25) is 0 Å². The molecule has 0 spiro atoms. The summed E-state index contributed by atoms with van der Waals surface area (Å²) in [5, 5.41) is 8.79. The first-order valence-corrected chi connectivity index (χ1v) is 5.43. The van der Waals surface area contributed by atoms with Gasteiger partial charge in [-0.1, -0.05) is 13.8 Å². The molecular weight excluding hydrogens is 196 g/mol. The van der Waals surface area contributed by atoms with E-state index in [1.54, 1.807) is 6.92 Å². The summed E-state index contributed by atoms with van der Waals surface area (Å²) in [7, 11) is 0. The van der Waals surface area contributed by atoms with Crippen molar-refractivity contribution in [3.8, 4) is 0 Å². The van der Waals surface area contributed by atoms with Crippen molar-refractivity contribution >= 4 is 5.97 Å². The largest absolute Gasteiger partial charge is 0.479 e. The minimum atomic E-state index is -0.964. The molecule has 0 heterocycles. The molecule has 0 aromatic carbocycles. The molecule has 0 bridgehead atoms. The molecule has 2 atom stereocenters. The number of carboxylic acids is 1. The fourth-order valence-electron chi connectivity index (χ4n) is 1.38. The molecule has 0 aromatic heterocycles. The standard InChI is InChI=1S/C11H22O4/c1-5-14-10(11(12)13)7-15-9(4)6-8(2)3/h8-10H,5-7H2,1-4H3,(H,12,13). The monoisotopic (exact) mass is 218 g/mol. The van der Waals surface area contributed by atoms with Gasteiger partial charge in [-0.15, -0.1) is 0 Å². The quantitative estimate of drug-likeness (QED) is 0.676. The number of hydrogen-bond donors (Lipinski definition) is 1. The molecule has 2 unspecified atom stereocenters. The molecule has 0 aliphatic carbocycles. The van der Waals surface area contributed by atoms with E-state index in [9.17, 15) is 4.79 Å². The van der Waals surface area contributed by atoms with Crippen molar-refractivity contribution in [3.05, 3.63) is 0 Å². The summed E-state index contributed by atoms with van der Waals surface area (Å²) in [4.78, 5) is 10.7. The normalized spacial score (nSPS) is 15.3. The highest BCUT2D eigenvalue weighted by Crippen LogP contribution is 2.08. The number of aliphatic carboxylic acids is 1. The van der Waals surface area contributed by atoms with E-state index < -0.39 is 12.1 Å². The number of carbonyl (C=O) groups is 1. The molecule has 0 aliphatic heterocycles. The Morgan fingerprint density at radius 2 is 1.87 bits per heavy atom. The van der Waals surface area contributed by atoms with Crippen molar-refractivity contribution in [3.63, 3.8) is 0 Å². The van der Waals surface area contributed by atoms with Gasteiger partial charge in [0.15, 0.2) is 6.10 Å². The van der Waals surface area contributed by atoms with Crippen LogP contribution in [0.2, 0.25) is 0 Å². The number of hydrogen-bond acceptors (Lipinski definition) is 3. The Hall–Kier alpha value is -0.610. The lowest BCUT2D eigenvalue weighted by Gasteiger charge is -2.18. The molecule has 4 nitrogen and oxygen atoms in total. The van der Waals surface area contributed by atoms with Crippen molar-refractivity contribution in [2.24, 2.45) is 5.92 Å². The zero-order valence-electron chi connectivity index (χ0n) is 10.0. The van der Waals surface area contributed by atoms with Crippen LogP contribution in [0.25, 0.3) is 0 Å². The summed E-state index contributed by atoms with van der Waals surface area (Å²) in [6.45, 7) is 8.45. The minimum absolute atomic E-state index is 0.0762. The molecule has 0 rings (SSSR count). The lowest BCUT2D eigenvalue weighted by Crippen LogP contribution is -2.31. The third kappa shape index (κ3) is 7.33. The molecule has 0 saturated heterocycles. The molecule has 0 fully saturated rings. The van der Waals surface area contributed by atoms with Gasteiger partial charge in [-0.2, -0.15) is 0 Å². The van der Waals surface area contributed by atoms with Crippen molar-refractivity contribution in [1.29, 1.82) is 0 Å². The van der Waals surface area contributed by atoms with E-state index in [4.69, 9.17) is 14.6 Å². The van der Waals surface area contributed by atoms with Crippen LogP contribution in [0.1, 0.15) is 34.1 Å². The number of ether oxygens (including phenoxy) is 2. The van der Waals surface area contributed by atoms with Crippen molar-refractivity contribution in [2.45, 2.75) is 46.3 Å². The highest BCUT2D eigenvalue weighted by molar-refractivity contribution is 5.72. The molecule has 15 heavy (non-hydrogen) atoms. The van der Waals surface area contributed by atoms with Gasteiger partial charge in [0.05, 0.1) is 12.7 Å². The SMILES string of the molecule is CCOC(COC(C)CC(C)C)C(=O)O. The molecular formula is C11H22O4. The Morgan fingerprint density at radius 1 is 1.27 bits per heavy atom. The lowest BCUT2D eigenvalue weighted by atomic mass is 10.1. The van der Waals surface area contributed by atoms with Crippen LogP contribution in [0.5, 0.6) is 0 Å². The molecule has 0 aromatic rings. The van der Waals surface area contributed by atoms with Crippen molar-refractivity contribution < 1.29 is 19.4 Å². The van der Waals surface area contributed by atoms with Gasteiger partial charge >= 0.3 is 5.97 Å². The van der Waals surface area contributed by atoms with Crippen molar-refractivity contribution in [2.75, 3.05) is 13.2 Å². The van der Waals surface area contributed by atoms with Crippen LogP contribution in [0, 0.1) is 5.92 Å². The Balaban J connectivity index is 3.83. The number of rotatable bonds is 8.